The van der Waals surface area contributed by atoms with Crippen molar-refractivity contribution < 1.29 is 23.4 Å². The Morgan fingerprint density at radius 3 is 2.65 bits per heavy atom. The Morgan fingerprint density at radius 1 is 1.32 bits per heavy atom. The van der Waals surface area contributed by atoms with Gasteiger partial charge in [-0.05, 0) is 31.7 Å². The number of carboxylic acid groups (broad SMARTS) is 1. The van der Waals surface area contributed by atoms with Gasteiger partial charge in [-0.2, -0.15) is 0 Å². The van der Waals surface area contributed by atoms with Crippen molar-refractivity contribution >= 4 is 28.4 Å². The summed E-state index contributed by atoms with van der Waals surface area (Å²) >= 11 is 0. The molecule has 1 aliphatic carbocycles. The Balaban J connectivity index is 1.83. The molecule has 2 aliphatic rings. The maximum atomic E-state index is 15.8. The van der Waals surface area contributed by atoms with Gasteiger partial charge in [0.1, 0.15) is 5.69 Å². The third kappa shape index (κ3) is 3.91. The van der Waals surface area contributed by atoms with Crippen LogP contribution in [0.2, 0.25) is 0 Å². The van der Waals surface area contributed by atoms with Crippen LogP contribution in [0.4, 0.5) is 25.0 Å². The molecule has 1 saturated heterocycles. The molecule has 4 rings (SSSR count). The minimum absolute atomic E-state index is 0.108. The number of halogens is 2. The number of nitrogen functional groups attached to an aromatic ring is 1. The zero-order valence-electron chi connectivity index (χ0n) is 17.5. The molecule has 10 heteroatoms. The number of ether oxygens (including phenoxy) is 1. The van der Waals surface area contributed by atoms with E-state index in [0.717, 1.165) is 25.8 Å². The maximum Gasteiger partial charge on any atom is 0.511 e. The van der Waals surface area contributed by atoms with Gasteiger partial charge in [0.05, 0.1) is 22.8 Å². The summed E-state index contributed by atoms with van der Waals surface area (Å²) in [5.41, 5.74) is 4.19. The van der Waals surface area contributed by atoms with Crippen molar-refractivity contribution in [3.05, 3.63) is 28.1 Å². The summed E-state index contributed by atoms with van der Waals surface area (Å²) in [5.74, 6) is -2.15. The number of nitrogens with one attached hydrogen (secondary N) is 1. The van der Waals surface area contributed by atoms with E-state index < -0.39 is 34.7 Å². The number of anilines is 2. The summed E-state index contributed by atoms with van der Waals surface area (Å²) < 4.78 is 37.1. The fourth-order valence-corrected chi connectivity index (χ4v) is 4.22. The predicted molar refractivity (Wildman–Crippen MR) is 113 cm³/mol. The van der Waals surface area contributed by atoms with Crippen molar-refractivity contribution in [3.8, 4) is 5.75 Å². The van der Waals surface area contributed by atoms with Crippen LogP contribution in [0.15, 0.2) is 11.0 Å². The lowest BCUT2D eigenvalue weighted by Crippen LogP contribution is -2.31. The zero-order valence-corrected chi connectivity index (χ0v) is 17.5. The Hall–Kier alpha value is -2.88. The number of hydrogen-bond acceptors (Lipinski definition) is 6. The van der Waals surface area contributed by atoms with Gasteiger partial charge < -0.3 is 30.4 Å². The number of rotatable bonds is 6. The van der Waals surface area contributed by atoms with Crippen molar-refractivity contribution in [1.29, 1.82) is 0 Å². The van der Waals surface area contributed by atoms with Crippen LogP contribution in [0.3, 0.4) is 0 Å². The first-order valence-corrected chi connectivity index (χ1v) is 10.4. The Morgan fingerprint density at radius 2 is 2.03 bits per heavy atom. The second kappa shape index (κ2) is 7.99. The molecule has 4 N–H and O–H groups in total. The third-order valence-corrected chi connectivity index (χ3v) is 5.89. The topological polar surface area (TPSA) is 110 Å². The molecular formula is C21H26F2N4O4. The number of fused-ring (bicyclic) bond motifs is 1. The highest BCUT2D eigenvalue weighted by Crippen LogP contribution is 2.43. The highest BCUT2D eigenvalue weighted by Gasteiger charge is 2.34. The van der Waals surface area contributed by atoms with Gasteiger partial charge in [-0.1, -0.05) is 13.8 Å². The maximum absolute atomic E-state index is 15.8. The van der Waals surface area contributed by atoms with Crippen LogP contribution in [0, 0.1) is 17.6 Å². The molecule has 0 spiro atoms. The van der Waals surface area contributed by atoms with Crippen LogP contribution in [-0.4, -0.2) is 41.5 Å². The summed E-state index contributed by atoms with van der Waals surface area (Å²) in [5, 5.41) is 11.9. The fourth-order valence-electron chi connectivity index (χ4n) is 4.22. The predicted octanol–water partition coefficient (Wildman–Crippen LogP) is 3.08. The summed E-state index contributed by atoms with van der Waals surface area (Å²) in [4.78, 5) is 25.4. The molecule has 0 amide bonds. The Kier molecular flexibility index (Phi) is 5.50. The molecule has 168 valence electrons. The van der Waals surface area contributed by atoms with Gasteiger partial charge in [-0.3, -0.25) is 4.79 Å². The van der Waals surface area contributed by atoms with E-state index in [1.165, 1.54) is 10.8 Å². The molecule has 1 aromatic heterocycles. The van der Waals surface area contributed by atoms with E-state index in [1.807, 2.05) is 13.8 Å². The van der Waals surface area contributed by atoms with E-state index in [4.69, 9.17) is 10.8 Å². The molecular weight excluding hydrogens is 410 g/mol. The summed E-state index contributed by atoms with van der Waals surface area (Å²) in [6, 6.07) is 0.182. The number of pyridine rings is 1. The molecule has 8 nitrogen and oxygen atoms in total. The van der Waals surface area contributed by atoms with Crippen LogP contribution in [0.5, 0.6) is 5.75 Å². The molecule has 2 aromatic rings. The van der Waals surface area contributed by atoms with E-state index in [9.17, 15) is 9.59 Å². The quantitative estimate of drug-likeness (QED) is 0.472. The SMILES string of the molecule is CC(C)NCC1CCN(c2c(F)c(N)c3c(=O)c(OC(=O)O)cn(C4CC4)c3c2F)C1. The first-order chi connectivity index (χ1) is 14.7. The van der Waals surface area contributed by atoms with E-state index in [2.05, 4.69) is 10.1 Å². The third-order valence-electron chi connectivity index (χ3n) is 5.89. The average molecular weight is 436 g/mol. The number of nitrogens with zero attached hydrogens (tertiary/aromatic N) is 2. The van der Waals surface area contributed by atoms with Crippen molar-refractivity contribution in [2.75, 3.05) is 30.3 Å². The fraction of sp³-hybridized carbons (Fsp3) is 0.524. The lowest BCUT2D eigenvalue weighted by Gasteiger charge is -2.24. The van der Waals surface area contributed by atoms with Crippen LogP contribution in [-0.2, 0) is 0 Å². The summed E-state index contributed by atoms with van der Waals surface area (Å²) in [6.07, 6.45) is 1.72. The number of hydrogen-bond donors (Lipinski definition) is 3. The van der Waals surface area contributed by atoms with Crippen molar-refractivity contribution in [1.82, 2.24) is 9.88 Å². The van der Waals surface area contributed by atoms with Gasteiger partial charge in [-0.25, -0.2) is 13.6 Å². The first kappa shape index (κ1) is 21.4. The van der Waals surface area contributed by atoms with Crippen molar-refractivity contribution in [2.45, 2.75) is 45.2 Å². The lowest BCUT2D eigenvalue weighted by molar-refractivity contribution is 0.143. The van der Waals surface area contributed by atoms with Gasteiger partial charge in [0, 0.05) is 25.2 Å². The molecule has 1 atom stereocenters. The van der Waals surface area contributed by atoms with E-state index >= 15 is 8.78 Å². The Labute approximate surface area is 177 Å². The van der Waals surface area contributed by atoms with Crippen LogP contribution in [0.1, 0.15) is 39.2 Å². The minimum Gasteiger partial charge on any atom is -0.449 e. The molecule has 2 fully saturated rings. The second-order valence-corrected chi connectivity index (χ2v) is 8.61. The van der Waals surface area contributed by atoms with E-state index in [-0.39, 0.29) is 28.6 Å². The second-order valence-electron chi connectivity index (χ2n) is 8.61. The number of aromatic nitrogens is 1. The zero-order chi connectivity index (χ0) is 22.4. The van der Waals surface area contributed by atoms with Crippen LogP contribution in [0.25, 0.3) is 10.9 Å². The van der Waals surface area contributed by atoms with Gasteiger partial charge in [0.2, 0.25) is 5.43 Å². The molecule has 2 heterocycles. The molecule has 0 bridgehead atoms. The normalized spacial score (nSPS) is 18.9. The summed E-state index contributed by atoms with van der Waals surface area (Å²) in [7, 11) is 0. The smallest absolute Gasteiger partial charge is 0.449 e. The Bertz CT molecular complexity index is 1100. The van der Waals surface area contributed by atoms with Gasteiger partial charge >= 0.3 is 6.16 Å². The van der Waals surface area contributed by atoms with E-state index in [0.29, 0.717) is 19.1 Å². The molecule has 31 heavy (non-hydrogen) atoms. The lowest BCUT2D eigenvalue weighted by atomic mass is 10.1. The number of carbonyl (C=O) groups is 1. The van der Waals surface area contributed by atoms with Crippen molar-refractivity contribution in [3.63, 3.8) is 0 Å². The minimum atomic E-state index is -1.69. The molecule has 1 unspecified atom stereocenters. The largest absolute Gasteiger partial charge is 0.511 e. The van der Waals surface area contributed by atoms with Crippen molar-refractivity contribution in [2.24, 2.45) is 5.92 Å². The van der Waals surface area contributed by atoms with Crippen LogP contribution >= 0.6 is 0 Å². The molecule has 1 aliphatic heterocycles. The first-order valence-electron chi connectivity index (χ1n) is 10.4. The summed E-state index contributed by atoms with van der Waals surface area (Å²) in [6.45, 7) is 5.75. The highest BCUT2D eigenvalue weighted by molar-refractivity contribution is 5.96. The van der Waals surface area contributed by atoms with Gasteiger partial charge in [0.25, 0.3) is 0 Å². The molecule has 0 radical (unpaired) electrons. The van der Waals surface area contributed by atoms with Gasteiger partial charge in [0.15, 0.2) is 17.4 Å². The van der Waals surface area contributed by atoms with Gasteiger partial charge in [-0.15, -0.1) is 0 Å². The van der Waals surface area contributed by atoms with Crippen LogP contribution < -0.4 is 26.1 Å². The number of benzene rings is 1. The monoisotopic (exact) mass is 436 g/mol. The molecule has 1 aromatic carbocycles. The standard InChI is InChI=1S/C21H26F2N4O4/c1-10(2)25-7-11-5-6-26(8-11)19-15(22)17(24)14-18(16(19)23)27(12-3-4-12)9-13(20(14)28)31-21(29)30/h9-12,25H,3-8,24H2,1-2H3,(H,29,30). The molecule has 1 saturated carbocycles. The number of nitrogens with two attached hydrogens (primary N) is 1. The highest BCUT2D eigenvalue weighted by atomic mass is 19.1. The average Bonchev–Trinajstić information content (AvgIpc) is 3.44. The van der Waals surface area contributed by atoms with E-state index in [1.54, 1.807) is 4.90 Å².